The standard InChI is InChI=1S/C13H7Cl2NO.C13H8ClNO2/c14-8-5-6-12-10(7-8)16-13(15)9-3-1-2-4-11(9)17-12;14-8-5-6-12-10(7-8)15-13(16)9-3-1-2-4-11(9)17-12/h1-7H;1-7H,(H,15,16). The highest BCUT2D eigenvalue weighted by Crippen LogP contribution is 2.39. The van der Waals surface area contributed by atoms with E-state index in [0.717, 1.165) is 5.56 Å². The Bertz CT molecular complexity index is 1450. The molecule has 0 spiro atoms. The smallest absolute Gasteiger partial charge is 0.259 e. The molecule has 4 aromatic rings. The first kappa shape index (κ1) is 22.3. The Labute approximate surface area is 210 Å². The number of benzene rings is 4. The predicted octanol–water partition coefficient (Wildman–Crippen LogP) is 8.46. The van der Waals surface area contributed by atoms with E-state index in [1.807, 2.05) is 30.3 Å². The zero-order valence-electron chi connectivity index (χ0n) is 17.4. The van der Waals surface area contributed by atoms with Gasteiger partial charge in [0.1, 0.15) is 22.4 Å². The SMILES string of the molecule is ClC1=Nc2cc(Cl)ccc2Oc2ccccc21.O=C1Nc2cc(Cl)ccc2Oc2ccccc21. The molecule has 5 nitrogen and oxygen atoms in total. The van der Waals surface area contributed by atoms with Crippen LogP contribution >= 0.6 is 34.8 Å². The minimum atomic E-state index is -0.193. The van der Waals surface area contributed by atoms with Gasteiger partial charge in [0.2, 0.25) is 0 Å². The highest BCUT2D eigenvalue weighted by atomic mass is 35.5. The van der Waals surface area contributed by atoms with Crippen LogP contribution in [0.1, 0.15) is 15.9 Å². The molecule has 0 radical (unpaired) electrons. The molecule has 4 aromatic carbocycles. The summed E-state index contributed by atoms with van der Waals surface area (Å²) in [5.41, 5.74) is 2.51. The zero-order valence-corrected chi connectivity index (χ0v) is 19.7. The second-order valence-corrected chi connectivity index (χ2v) is 8.54. The molecule has 0 saturated carbocycles. The molecule has 1 amide bonds. The molecule has 0 aromatic heterocycles. The number of aliphatic imine (C=N–C) groups is 1. The van der Waals surface area contributed by atoms with Crippen molar-refractivity contribution < 1.29 is 14.3 Å². The van der Waals surface area contributed by atoms with Crippen molar-refractivity contribution in [2.45, 2.75) is 0 Å². The number of carbonyl (C=O) groups is 1. The van der Waals surface area contributed by atoms with Crippen LogP contribution in [0.25, 0.3) is 0 Å². The fraction of sp³-hybridized carbons (Fsp3) is 0. The van der Waals surface area contributed by atoms with Gasteiger partial charge in [0.25, 0.3) is 5.91 Å². The largest absolute Gasteiger partial charge is 0.454 e. The Kier molecular flexibility index (Phi) is 6.16. The van der Waals surface area contributed by atoms with E-state index >= 15 is 0 Å². The third-order valence-corrected chi connectivity index (χ3v) is 5.77. The van der Waals surface area contributed by atoms with E-state index in [4.69, 9.17) is 44.3 Å². The summed E-state index contributed by atoms with van der Waals surface area (Å²) >= 11 is 18.0. The van der Waals surface area contributed by atoms with Crippen molar-refractivity contribution in [1.29, 1.82) is 0 Å². The zero-order chi connectivity index (χ0) is 23.7. The number of nitrogens with one attached hydrogen (secondary N) is 1. The second-order valence-electron chi connectivity index (χ2n) is 7.31. The van der Waals surface area contributed by atoms with Crippen molar-refractivity contribution >= 4 is 57.3 Å². The van der Waals surface area contributed by atoms with Gasteiger partial charge in [-0.25, -0.2) is 4.99 Å². The summed E-state index contributed by atoms with van der Waals surface area (Å²) in [6.07, 6.45) is 0. The molecule has 0 saturated heterocycles. The van der Waals surface area contributed by atoms with Crippen molar-refractivity contribution in [3.63, 3.8) is 0 Å². The first-order valence-electron chi connectivity index (χ1n) is 10.2. The van der Waals surface area contributed by atoms with Gasteiger partial charge in [0.15, 0.2) is 11.5 Å². The highest BCUT2D eigenvalue weighted by Gasteiger charge is 2.20. The Hall–Kier alpha value is -3.51. The van der Waals surface area contributed by atoms with Crippen molar-refractivity contribution in [2.75, 3.05) is 5.32 Å². The number of hydrogen-bond donors (Lipinski definition) is 1. The van der Waals surface area contributed by atoms with E-state index < -0.39 is 0 Å². The van der Waals surface area contributed by atoms with Gasteiger partial charge in [0, 0.05) is 10.0 Å². The summed E-state index contributed by atoms with van der Waals surface area (Å²) in [6.45, 7) is 0. The lowest BCUT2D eigenvalue weighted by Crippen LogP contribution is -2.10. The lowest BCUT2D eigenvalue weighted by molar-refractivity contribution is 0.102. The molecule has 8 heteroatoms. The monoisotopic (exact) mass is 508 g/mol. The summed E-state index contributed by atoms with van der Waals surface area (Å²) in [7, 11) is 0. The summed E-state index contributed by atoms with van der Waals surface area (Å²) in [5, 5.41) is 4.33. The quantitative estimate of drug-likeness (QED) is 0.259. The van der Waals surface area contributed by atoms with Crippen LogP contribution in [0.4, 0.5) is 11.4 Å². The lowest BCUT2D eigenvalue weighted by atomic mass is 10.2. The number of hydrogen-bond acceptors (Lipinski definition) is 4. The van der Waals surface area contributed by atoms with E-state index in [9.17, 15) is 4.79 Å². The molecule has 0 bridgehead atoms. The van der Waals surface area contributed by atoms with Crippen molar-refractivity contribution in [2.24, 2.45) is 4.99 Å². The van der Waals surface area contributed by atoms with Gasteiger partial charge in [-0.15, -0.1) is 0 Å². The van der Waals surface area contributed by atoms with E-state index in [2.05, 4.69) is 10.3 Å². The number of para-hydroxylation sites is 2. The maximum atomic E-state index is 11.9. The van der Waals surface area contributed by atoms with Gasteiger partial charge >= 0.3 is 0 Å². The molecule has 1 N–H and O–H groups in total. The van der Waals surface area contributed by atoms with Gasteiger partial charge in [-0.05, 0) is 60.7 Å². The van der Waals surface area contributed by atoms with Gasteiger partial charge < -0.3 is 14.8 Å². The molecule has 2 aliphatic rings. The van der Waals surface area contributed by atoms with E-state index in [0.29, 0.717) is 55.2 Å². The van der Waals surface area contributed by atoms with Crippen molar-refractivity contribution in [3.8, 4) is 23.0 Å². The maximum absolute atomic E-state index is 11.9. The second kappa shape index (κ2) is 9.39. The summed E-state index contributed by atoms with van der Waals surface area (Å²) in [6, 6.07) is 25.0. The third kappa shape index (κ3) is 4.59. The van der Waals surface area contributed by atoms with Crippen LogP contribution in [0.2, 0.25) is 10.0 Å². The lowest BCUT2D eigenvalue weighted by Gasteiger charge is -2.07. The van der Waals surface area contributed by atoms with Crippen LogP contribution in [0.3, 0.4) is 0 Å². The first-order valence-corrected chi connectivity index (χ1v) is 11.3. The molecule has 0 aliphatic carbocycles. The number of nitrogens with zero attached hydrogens (tertiary/aromatic N) is 1. The number of ether oxygens (including phenoxy) is 2. The molecule has 2 heterocycles. The summed E-state index contributed by atoms with van der Waals surface area (Å²) < 4.78 is 11.5. The van der Waals surface area contributed by atoms with Gasteiger partial charge in [-0.3, -0.25) is 4.79 Å². The van der Waals surface area contributed by atoms with Gasteiger partial charge in [-0.2, -0.15) is 0 Å². The average molecular weight is 510 g/mol. The maximum Gasteiger partial charge on any atom is 0.259 e. The molecule has 34 heavy (non-hydrogen) atoms. The third-order valence-electron chi connectivity index (χ3n) is 5.01. The topological polar surface area (TPSA) is 59.9 Å². The Balaban J connectivity index is 0.000000142. The number of halogens is 3. The molecule has 168 valence electrons. The average Bonchev–Trinajstić information content (AvgIpc) is 3.06. The van der Waals surface area contributed by atoms with Gasteiger partial charge in [-0.1, -0.05) is 59.1 Å². The number of fused-ring (bicyclic) bond motifs is 4. The van der Waals surface area contributed by atoms with E-state index in [-0.39, 0.29) is 5.91 Å². The molecule has 2 aliphatic heterocycles. The van der Waals surface area contributed by atoms with Crippen molar-refractivity contribution in [1.82, 2.24) is 0 Å². The molecule has 0 fully saturated rings. The summed E-state index contributed by atoms with van der Waals surface area (Å²) in [5.74, 6) is 2.29. The predicted molar refractivity (Wildman–Crippen MR) is 136 cm³/mol. The van der Waals surface area contributed by atoms with Crippen LogP contribution in [0, 0.1) is 0 Å². The van der Waals surface area contributed by atoms with Crippen LogP contribution < -0.4 is 14.8 Å². The van der Waals surface area contributed by atoms with E-state index in [1.54, 1.807) is 54.6 Å². The van der Waals surface area contributed by atoms with E-state index in [1.165, 1.54) is 0 Å². The van der Waals surface area contributed by atoms with Gasteiger partial charge in [0.05, 0.1) is 16.8 Å². The fourth-order valence-electron chi connectivity index (χ4n) is 3.41. The molecule has 0 unspecified atom stereocenters. The number of carbonyl (C=O) groups excluding carboxylic acids is 1. The molecule has 0 atom stereocenters. The van der Waals surface area contributed by atoms with Crippen LogP contribution in [0.5, 0.6) is 23.0 Å². The Morgan fingerprint density at radius 2 is 1.24 bits per heavy atom. The normalized spacial score (nSPS) is 12.9. The van der Waals surface area contributed by atoms with Crippen molar-refractivity contribution in [3.05, 3.63) is 106 Å². The van der Waals surface area contributed by atoms with Crippen LogP contribution in [-0.2, 0) is 0 Å². The highest BCUT2D eigenvalue weighted by molar-refractivity contribution is 6.70. The number of anilines is 1. The fourth-order valence-corrected chi connectivity index (χ4v) is 4.00. The molecule has 6 rings (SSSR count). The molecular weight excluding hydrogens is 495 g/mol. The summed E-state index contributed by atoms with van der Waals surface area (Å²) in [4.78, 5) is 16.3. The molecular formula is C26H15Cl3N2O3. The number of rotatable bonds is 0. The first-order chi connectivity index (χ1) is 16.5. The minimum Gasteiger partial charge on any atom is -0.454 e. The van der Waals surface area contributed by atoms with Crippen LogP contribution in [-0.4, -0.2) is 11.1 Å². The Morgan fingerprint density at radius 3 is 2.00 bits per heavy atom. The van der Waals surface area contributed by atoms with Crippen LogP contribution in [0.15, 0.2) is 89.9 Å². The minimum absolute atomic E-state index is 0.193. The Morgan fingerprint density at radius 1 is 0.647 bits per heavy atom. The number of amides is 1.